The van der Waals surface area contributed by atoms with Crippen LogP contribution in [0.3, 0.4) is 0 Å². The number of carbonyl (C=O) groups excluding carboxylic acids is 1. The Morgan fingerprint density at radius 1 is 0.741 bits per heavy atom. The highest BCUT2D eigenvalue weighted by Crippen LogP contribution is 2.13. The van der Waals surface area contributed by atoms with Gasteiger partial charge < -0.3 is 15.5 Å². The molecule has 160 valence electrons. The monoisotopic (exact) mass is 385 g/mol. The number of carboxylic acid groups (broad SMARTS) is 1. The molecule has 0 aliphatic rings. The van der Waals surface area contributed by atoms with E-state index in [1.807, 2.05) is 0 Å². The Hall–Kier alpha value is -1.10. The highest BCUT2D eigenvalue weighted by Gasteiger charge is 2.24. The first-order valence-electron chi connectivity index (χ1n) is 11.2. The van der Waals surface area contributed by atoms with Crippen LogP contribution in [0.2, 0.25) is 0 Å². The van der Waals surface area contributed by atoms with Gasteiger partial charge in [0.1, 0.15) is 0 Å². The maximum Gasteiger partial charge on any atom is 0.328 e. The van der Waals surface area contributed by atoms with E-state index in [1.54, 1.807) is 0 Å². The van der Waals surface area contributed by atoms with E-state index in [2.05, 4.69) is 12.2 Å². The molecule has 0 saturated carbocycles. The molecule has 0 aromatic rings. The zero-order chi connectivity index (χ0) is 20.3. The molecule has 0 aliphatic heterocycles. The fraction of sp³-hybridized carbons (Fsp3) is 0.909. The number of rotatable bonds is 19. The van der Waals surface area contributed by atoms with Gasteiger partial charge >= 0.3 is 5.97 Å². The molecule has 2 unspecified atom stereocenters. The van der Waals surface area contributed by atoms with Crippen molar-refractivity contribution in [2.24, 2.45) is 0 Å². The summed E-state index contributed by atoms with van der Waals surface area (Å²) in [5.74, 6) is -1.49. The summed E-state index contributed by atoms with van der Waals surface area (Å²) in [7, 11) is 0. The molecule has 0 spiro atoms. The lowest BCUT2D eigenvalue weighted by Gasteiger charge is -2.16. The molecule has 5 heteroatoms. The number of aliphatic carboxylic acids is 1. The highest BCUT2D eigenvalue weighted by molar-refractivity contribution is 5.83. The molecule has 0 aromatic heterocycles. The fourth-order valence-electron chi connectivity index (χ4n) is 3.29. The maximum absolute atomic E-state index is 11.7. The summed E-state index contributed by atoms with van der Waals surface area (Å²) in [6.07, 6.45) is 18.3. The number of nitrogens with one attached hydrogen (secondary N) is 1. The molecule has 0 fully saturated rings. The number of unbranched alkanes of at least 4 members (excludes halogenated alkanes) is 14. The highest BCUT2D eigenvalue weighted by atomic mass is 16.4. The van der Waals surface area contributed by atoms with Gasteiger partial charge in [-0.3, -0.25) is 4.79 Å². The van der Waals surface area contributed by atoms with Gasteiger partial charge in [0.15, 0.2) is 6.04 Å². The molecule has 0 radical (unpaired) electrons. The van der Waals surface area contributed by atoms with Crippen molar-refractivity contribution in [1.82, 2.24) is 5.32 Å². The normalized spacial score (nSPS) is 13.3. The van der Waals surface area contributed by atoms with Gasteiger partial charge in [0, 0.05) is 6.42 Å². The topological polar surface area (TPSA) is 86.6 Å². The largest absolute Gasteiger partial charge is 0.480 e. The maximum atomic E-state index is 11.7. The molecule has 0 heterocycles. The summed E-state index contributed by atoms with van der Waals surface area (Å²) in [6, 6.07) is -1.21. The van der Waals surface area contributed by atoms with Gasteiger partial charge in [-0.2, -0.15) is 0 Å². The second-order valence-electron chi connectivity index (χ2n) is 7.82. The van der Waals surface area contributed by atoms with E-state index < -0.39 is 18.1 Å². The minimum Gasteiger partial charge on any atom is -0.480 e. The quantitative estimate of drug-likeness (QED) is 0.267. The zero-order valence-corrected chi connectivity index (χ0v) is 17.7. The van der Waals surface area contributed by atoms with Gasteiger partial charge in [0.05, 0.1) is 6.10 Å². The van der Waals surface area contributed by atoms with Crippen molar-refractivity contribution >= 4 is 11.9 Å². The van der Waals surface area contributed by atoms with Crippen LogP contribution < -0.4 is 5.32 Å². The number of carbonyl (C=O) groups is 2. The average molecular weight is 386 g/mol. The van der Waals surface area contributed by atoms with E-state index in [4.69, 9.17) is 5.11 Å². The number of aliphatic hydroxyl groups is 1. The van der Waals surface area contributed by atoms with Crippen LogP contribution in [0.15, 0.2) is 0 Å². The van der Waals surface area contributed by atoms with Crippen molar-refractivity contribution in [3.05, 3.63) is 0 Å². The van der Waals surface area contributed by atoms with Crippen LogP contribution in [0.1, 0.15) is 117 Å². The Kier molecular flexibility index (Phi) is 17.5. The molecule has 0 aromatic carbocycles. The molecule has 0 rings (SSSR count). The van der Waals surface area contributed by atoms with Gasteiger partial charge in [0.25, 0.3) is 0 Å². The molecule has 5 nitrogen and oxygen atoms in total. The van der Waals surface area contributed by atoms with Crippen molar-refractivity contribution in [2.45, 2.75) is 129 Å². The first-order chi connectivity index (χ1) is 13.0. The van der Waals surface area contributed by atoms with E-state index in [0.717, 1.165) is 19.3 Å². The van der Waals surface area contributed by atoms with Gasteiger partial charge in [0.2, 0.25) is 5.91 Å². The van der Waals surface area contributed by atoms with Crippen LogP contribution in [-0.2, 0) is 9.59 Å². The van der Waals surface area contributed by atoms with Crippen LogP contribution in [0.4, 0.5) is 0 Å². The lowest BCUT2D eigenvalue weighted by atomic mass is 10.0. The van der Waals surface area contributed by atoms with Crippen LogP contribution >= 0.6 is 0 Å². The summed E-state index contributed by atoms with van der Waals surface area (Å²) >= 11 is 0. The predicted octanol–water partition coefficient (Wildman–Crippen LogP) is 5.20. The fourth-order valence-corrected chi connectivity index (χ4v) is 3.29. The first kappa shape index (κ1) is 25.9. The standard InChI is InChI=1S/C22H43NO4/c1-3-4-5-6-7-8-9-10-11-12-13-14-15-16-17-18-20(25)23-21(19(2)24)22(26)27/h19,21,24H,3-18H2,1-2H3,(H,23,25)(H,26,27). The van der Waals surface area contributed by atoms with Gasteiger partial charge in [-0.15, -0.1) is 0 Å². The minimum absolute atomic E-state index is 0.294. The Morgan fingerprint density at radius 3 is 1.44 bits per heavy atom. The lowest BCUT2D eigenvalue weighted by molar-refractivity contribution is -0.144. The number of hydrogen-bond acceptors (Lipinski definition) is 3. The number of hydrogen-bond donors (Lipinski definition) is 3. The van der Waals surface area contributed by atoms with Crippen molar-refractivity contribution in [3.63, 3.8) is 0 Å². The summed E-state index contributed by atoms with van der Waals surface area (Å²) in [5, 5.41) is 20.6. The third-order valence-electron chi connectivity index (χ3n) is 5.07. The molecule has 0 saturated heterocycles. The van der Waals surface area contributed by atoms with E-state index in [9.17, 15) is 14.7 Å². The Bertz CT molecular complexity index is 371. The number of aliphatic hydroxyl groups excluding tert-OH is 1. The summed E-state index contributed by atoms with van der Waals surface area (Å²) in [4.78, 5) is 22.6. The number of carboxylic acids is 1. The second kappa shape index (κ2) is 18.3. The van der Waals surface area contributed by atoms with Crippen LogP contribution in [0.5, 0.6) is 0 Å². The van der Waals surface area contributed by atoms with Crippen LogP contribution in [0, 0.1) is 0 Å². The first-order valence-corrected chi connectivity index (χ1v) is 11.2. The van der Waals surface area contributed by atoms with Crippen molar-refractivity contribution in [1.29, 1.82) is 0 Å². The minimum atomic E-state index is -1.21. The number of amides is 1. The van der Waals surface area contributed by atoms with Gasteiger partial charge in [-0.05, 0) is 13.3 Å². The van der Waals surface area contributed by atoms with Crippen molar-refractivity contribution in [3.8, 4) is 0 Å². The van der Waals surface area contributed by atoms with E-state index in [-0.39, 0.29) is 5.91 Å². The Labute approximate surface area is 166 Å². The molecule has 2 atom stereocenters. The van der Waals surface area contributed by atoms with Crippen molar-refractivity contribution < 1.29 is 19.8 Å². The summed E-state index contributed by atoms with van der Waals surface area (Å²) in [5.41, 5.74) is 0. The van der Waals surface area contributed by atoms with E-state index >= 15 is 0 Å². The Morgan fingerprint density at radius 2 is 1.11 bits per heavy atom. The Balaban J connectivity index is 3.35. The van der Waals surface area contributed by atoms with Gasteiger partial charge in [-0.25, -0.2) is 4.79 Å². The molecular formula is C22H43NO4. The van der Waals surface area contributed by atoms with Crippen LogP contribution in [0.25, 0.3) is 0 Å². The third kappa shape index (κ3) is 16.8. The smallest absolute Gasteiger partial charge is 0.328 e. The van der Waals surface area contributed by atoms with Gasteiger partial charge in [-0.1, -0.05) is 96.8 Å². The average Bonchev–Trinajstić information content (AvgIpc) is 2.62. The molecular weight excluding hydrogens is 342 g/mol. The predicted molar refractivity (Wildman–Crippen MR) is 111 cm³/mol. The molecule has 1 amide bonds. The van der Waals surface area contributed by atoms with Crippen LogP contribution in [-0.4, -0.2) is 34.2 Å². The second-order valence-corrected chi connectivity index (χ2v) is 7.82. The third-order valence-corrected chi connectivity index (χ3v) is 5.07. The summed E-state index contributed by atoms with van der Waals surface area (Å²) in [6.45, 7) is 3.62. The SMILES string of the molecule is CCCCCCCCCCCCCCCCCC(=O)NC(C(=O)O)C(C)O. The lowest BCUT2D eigenvalue weighted by Crippen LogP contribution is -2.47. The zero-order valence-electron chi connectivity index (χ0n) is 17.7. The molecule has 27 heavy (non-hydrogen) atoms. The summed E-state index contributed by atoms with van der Waals surface area (Å²) < 4.78 is 0. The molecule has 3 N–H and O–H groups in total. The molecule has 0 aliphatic carbocycles. The van der Waals surface area contributed by atoms with E-state index in [1.165, 1.54) is 84.0 Å². The van der Waals surface area contributed by atoms with Crippen molar-refractivity contribution in [2.75, 3.05) is 0 Å². The van der Waals surface area contributed by atoms with E-state index in [0.29, 0.717) is 6.42 Å². The molecule has 0 bridgehead atoms.